The summed E-state index contributed by atoms with van der Waals surface area (Å²) in [6.07, 6.45) is 3.24. The van der Waals surface area contributed by atoms with Crippen molar-refractivity contribution in [3.05, 3.63) is 46.5 Å². The molecule has 4 atom stereocenters. The molecule has 4 rings (SSSR count). The van der Waals surface area contributed by atoms with Crippen molar-refractivity contribution in [3.63, 3.8) is 0 Å². The molecule has 0 radical (unpaired) electrons. The largest absolute Gasteiger partial charge is 0.362 e. The highest BCUT2D eigenvalue weighted by molar-refractivity contribution is 6.23. The van der Waals surface area contributed by atoms with Gasteiger partial charge in [0, 0.05) is 12.1 Å². The van der Waals surface area contributed by atoms with E-state index in [1.54, 1.807) is 6.92 Å². The zero-order valence-corrected chi connectivity index (χ0v) is 11.6. The minimum atomic E-state index is -0.766. The Bertz CT molecular complexity index is 758. The van der Waals surface area contributed by atoms with Gasteiger partial charge in [0.05, 0.1) is 34.2 Å². The molecule has 3 aliphatic heterocycles. The lowest BCUT2D eigenvalue weighted by Crippen LogP contribution is -2.38. The van der Waals surface area contributed by atoms with E-state index in [0.29, 0.717) is 0 Å². The second-order valence-electron chi connectivity index (χ2n) is 5.92. The van der Waals surface area contributed by atoms with Gasteiger partial charge in [-0.1, -0.05) is 18.2 Å². The van der Waals surface area contributed by atoms with E-state index in [0.717, 1.165) is 4.90 Å². The summed E-state index contributed by atoms with van der Waals surface area (Å²) in [5.41, 5.74) is -0.683. The number of nitrogens with zero attached hydrogens (tertiary/aromatic N) is 2. The first-order valence-corrected chi connectivity index (χ1v) is 6.92. The molecule has 2 amide bonds. The SMILES string of the molecule is C[C@@]12C=C[C@H](O1)[C@H]1C(=O)N(c3cccc([N+](=O)[O-])c3)C(=O)[C@H]12. The predicted molar refractivity (Wildman–Crippen MR) is 75.0 cm³/mol. The Balaban J connectivity index is 1.77. The van der Waals surface area contributed by atoms with Gasteiger partial charge in [-0.25, -0.2) is 4.90 Å². The van der Waals surface area contributed by atoms with E-state index < -0.39 is 28.5 Å². The Labute approximate surface area is 125 Å². The molecular formula is C15H12N2O5. The minimum Gasteiger partial charge on any atom is -0.362 e. The van der Waals surface area contributed by atoms with E-state index in [1.807, 2.05) is 12.2 Å². The smallest absolute Gasteiger partial charge is 0.271 e. The Morgan fingerprint density at radius 3 is 2.77 bits per heavy atom. The number of carbonyl (C=O) groups is 2. The van der Waals surface area contributed by atoms with Gasteiger partial charge < -0.3 is 4.74 Å². The van der Waals surface area contributed by atoms with E-state index in [-0.39, 0.29) is 23.2 Å². The molecule has 2 saturated heterocycles. The van der Waals surface area contributed by atoms with Crippen molar-refractivity contribution in [3.8, 4) is 0 Å². The van der Waals surface area contributed by atoms with Crippen LogP contribution in [0.2, 0.25) is 0 Å². The third-order valence-corrected chi connectivity index (χ3v) is 4.63. The summed E-state index contributed by atoms with van der Waals surface area (Å²) >= 11 is 0. The minimum absolute atomic E-state index is 0.154. The number of hydrogen-bond donors (Lipinski definition) is 0. The zero-order chi connectivity index (χ0) is 15.6. The van der Waals surface area contributed by atoms with Crippen LogP contribution in [-0.4, -0.2) is 28.4 Å². The van der Waals surface area contributed by atoms with Crippen LogP contribution in [0.4, 0.5) is 11.4 Å². The number of imide groups is 1. The quantitative estimate of drug-likeness (QED) is 0.357. The lowest BCUT2D eigenvalue weighted by molar-refractivity contribution is -0.384. The second-order valence-corrected chi connectivity index (χ2v) is 5.92. The monoisotopic (exact) mass is 300 g/mol. The molecule has 0 unspecified atom stereocenters. The van der Waals surface area contributed by atoms with Gasteiger partial charge in [-0.05, 0) is 13.0 Å². The summed E-state index contributed by atoms with van der Waals surface area (Å²) in [5.74, 6) is -1.81. The maximum absolute atomic E-state index is 12.7. The number of carbonyl (C=O) groups excluding carboxylic acids is 2. The van der Waals surface area contributed by atoms with Crippen LogP contribution in [0.1, 0.15) is 6.92 Å². The molecule has 0 N–H and O–H groups in total. The van der Waals surface area contributed by atoms with Gasteiger partial charge in [-0.2, -0.15) is 0 Å². The standard InChI is InChI=1S/C15H12N2O5/c1-15-6-5-10(22-15)11-12(15)14(19)16(13(11)18)8-3-2-4-9(7-8)17(20)21/h2-7,10-12H,1H3/t10-,11+,12-,15-/m0/s1. The number of nitro groups is 1. The predicted octanol–water partition coefficient (Wildman–Crippen LogP) is 1.43. The summed E-state index contributed by atoms with van der Waals surface area (Å²) in [4.78, 5) is 36.7. The van der Waals surface area contributed by atoms with Crippen LogP contribution in [0.25, 0.3) is 0 Å². The summed E-state index contributed by atoms with van der Waals surface area (Å²) < 4.78 is 5.73. The fourth-order valence-electron chi connectivity index (χ4n) is 3.65. The number of ether oxygens (including phenoxy) is 1. The van der Waals surface area contributed by atoms with E-state index >= 15 is 0 Å². The van der Waals surface area contributed by atoms with Gasteiger partial charge in [-0.3, -0.25) is 19.7 Å². The molecule has 3 heterocycles. The summed E-state index contributed by atoms with van der Waals surface area (Å²) in [7, 11) is 0. The number of hydrogen-bond acceptors (Lipinski definition) is 5. The van der Waals surface area contributed by atoms with Crippen LogP contribution < -0.4 is 4.90 Å². The molecule has 0 spiro atoms. The Morgan fingerprint density at radius 1 is 1.32 bits per heavy atom. The molecule has 7 heteroatoms. The van der Waals surface area contributed by atoms with Gasteiger partial charge in [0.1, 0.15) is 0 Å². The van der Waals surface area contributed by atoms with Crippen LogP contribution in [0.3, 0.4) is 0 Å². The van der Waals surface area contributed by atoms with E-state index in [9.17, 15) is 19.7 Å². The molecule has 7 nitrogen and oxygen atoms in total. The number of non-ortho nitro benzene ring substituents is 1. The zero-order valence-electron chi connectivity index (χ0n) is 11.6. The van der Waals surface area contributed by atoms with Crippen LogP contribution in [0.15, 0.2) is 36.4 Å². The molecule has 0 saturated carbocycles. The lowest BCUT2D eigenvalue weighted by atomic mass is 9.78. The molecule has 1 aromatic carbocycles. The highest BCUT2D eigenvalue weighted by atomic mass is 16.6. The maximum atomic E-state index is 12.7. The third-order valence-electron chi connectivity index (χ3n) is 4.63. The average molecular weight is 300 g/mol. The van der Waals surface area contributed by atoms with Crippen LogP contribution in [-0.2, 0) is 14.3 Å². The van der Waals surface area contributed by atoms with Crippen molar-refractivity contribution in [2.45, 2.75) is 18.6 Å². The first kappa shape index (κ1) is 13.1. The highest BCUT2D eigenvalue weighted by Crippen LogP contribution is 2.52. The van der Waals surface area contributed by atoms with Gasteiger partial charge in [0.15, 0.2) is 0 Å². The normalized spacial score (nSPS) is 35.3. The maximum Gasteiger partial charge on any atom is 0.271 e. The van der Waals surface area contributed by atoms with Gasteiger partial charge >= 0.3 is 0 Å². The van der Waals surface area contributed by atoms with Crippen molar-refractivity contribution in [1.29, 1.82) is 0 Å². The van der Waals surface area contributed by atoms with Crippen LogP contribution in [0, 0.1) is 22.0 Å². The highest BCUT2D eigenvalue weighted by Gasteiger charge is 2.66. The molecular weight excluding hydrogens is 288 g/mol. The van der Waals surface area contributed by atoms with Gasteiger partial charge in [0.25, 0.3) is 5.69 Å². The van der Waals surface area contributed by atoms with E-state index in [2.05, 4.69) is 0 Å². The first-order chi connectivity index (χ1) is 10.4. The molecule has 2 fully saturated rings. The molecule has 22 heavy (non-hydrogen) atoms. The molecule has 112 valence electrons. The third kappa shape index (κ3) is 1.48. The Kier molecular flexibility index (Phi) is 2.40. The second kappa shape index (κ2) is 4.01. The Hall–Kier alpha value is -2.54. The topological polar surface area (TPSA) is 89.8 Å². The summed E-state index contributed by atoms with van der Waals surface area (Å²) in [5, 5.41) is 10.9. The van der Waals surface area contributed by atoms with E-state index in [4.69, 9.17) is 4.74 Å². The number of anilines is 1. The lowest BCUT2D eigenvalue weighted by Gasteiger charge is -2.24. The van der Waals surface area contributed by atoms with Crippen molar-refractivity contribution in [2.24, 2.45) is 11.8 Å². The molecule has 2 bridgehead atoms. The number of nitro benzene ring substituents is 1. The summed E-state index contributed by atoms with van der Waals surface area (Å²) in [6, 6.07) is 5.57. The first-order valence-electron chi connectivity index (χ1n) is 6.92. The van der Waals surface area contributed by atoms with Crippen LogP contribution >= 0.6 is 0 Å². The van der Waals surface area contributed by atoms with Crippen molar-refractivity contribution in [2.75, 3.05) is 4.90 Å². The average Bonchev–Trinajstić information content (AvgIpc) is 3.08. The number of benzene rings is 1. The molecule has 3 aliphatic rings. The summed E-state index contributed by atoms with van der Waals surface area (Å²) in [6.45, 7) is 1.79. The molecule has 0 aromatic heterocycles. The van der Waals surface area contributed by atoms with Crippen molar-refractivity contribution in [1.82, 2.24) is 0 Å². The fourth-order valence-corrected chi connectivity index (χ4v) is 3.65. The number of amides is 2. The number of fused-ring (bicyclic) bond motifs is 5. The number of rotatable bonds is 2. The molecule has 0 aliphatic carbocycles. The van der Waals surface area contributed by atoms with Crippen molar-refractivity contribution >= 4 is 23.2 Å². The van der Waals surface area contributed by atoms with Gasteiger partial charge in [0.2, 0.25) is 11.8 Å². The van der Waals surface area contributed by atoms with Crippen LogP contribution in [0.5, 0.6) is 0 Å². The van der Waals surface area contributed by atoms with Gasteiger partial charge in [-0.15, -0.1) is 0 Å². The van der Waals surface area contributed by atoms with E-state index in [1.165, 1.54) is 24.3 Å². The fraction of sp³-hybridized carbons (Fsp3) is 0.333. The molecule has 1 aromatic rings. The van der Waals surface area contributed by atoms with Crippen molar-refractivity contribution < 1.29 is 19.2 Å². The Morgan fingerprint density at radius 2 is 2.09 bits per heavy atom.